The van der Waals surface area contributed by atoms with Crippen LogP contribution in [0.5, 0.6) is 0 Å². The van der Waals surface area contributed by atoms with Gasteiger partial charge in [-0.25, -0.2) is 23.5 Å². The summed E-state index contributed by atoms with van der Waals surface area (Å²) in [5.74, 6) is -2.52. The van der Waals surface area contributed by atoms with Gasteiger partial charge in [0.15, 0.2) is 4.90 Å². The molecule has 3 rings (SSSR count). The molecule has 0 saturated heterocycles. The van der Waals surface area contributed by atoms with Gasteiger partial charge in [0.25, 0.3) is 5.69 Å². The Morgan fingerprint density at radius 2 is 1.52 bits per heavy atom. The lowest BCUT2D eigenvalue weighted by atomic mass is 10.1. The molecule has 0 unspecified atom stereocenters. The maximum absolute atomic E-state index is 11.8. The van der Waals surface area contributed by atoms with Gasteiger partial charge in [0, 0.05) is 5.39 Å². The minimum atomic E-state index is -4.61. The van der Waals surface area contributed by atoms with Crippen LogP contribution in [0.25, 0.3) is 10.8 Å². The van der Waals surface area contributed by atoms with Crippen LogP contribution in [0.4, 0.5) is 5.69 Å². The number of amides is 2. The molecule has 0 spiro atoms. The average molecular weight is 334 g/mol. The second-order valence-corrected chi connectivity index (χ2v) is 6.05. The van der Waals surface area contributed by atoms with Crippen molar-refractivity contribution in [3.63, 3.8) is 0 Å². The van der Waals surface area contributed by atoms with Gasteiger partial charge in [0.05, 0.1) is 10.3 Å². The van der Waals surface area contributed by atoms with Crippen LogP contribution in [0.2, 0.25) is 0 Å². The lowest BCUT2D eigenvalue weighted by Gasteiger charge is -2.08. The lowest BCUT2D eigenvalue weighted by Crippen LogP contribution is -2.40. The van der Waals surface area contributed by atoms with Gasteiger partial charge in [-0.1, -0.05) is 18.2 Å². The highest BCUT2D eigenvalue weighted by Crippen LogP contribution is 2.27. The zero-order valence-electron chi connectivity index (χ0n) is 11.1. The molecule has 1 aliphatic heterocycles. The first-order valence-electron chi connectivity index (χ1n) is 5.99. The minimum absolute atomic E-state index is 0.0821. The highest BCUT2D eigenvalue weighted by molar-refractivity contribution is 7.89. The summed E-state index contributed by atoms with van der Waals surface area (Å²) >= 11 is 0. The number of hydrogen-bond acceptors (Lipinski definition) is 6. The molecule has 0 aliphatic carbocycles. The smallest absolute Gasteiger partial charge is 0.261 e. The van der Waals surface area contributed by atoms with E-state index in [-0.39, 0.29) is 16.1 Å². The molecule has 0 bridgehead atoms. The lowest BCUT2D eigenvalue weighted by molar-refractivity contribution is -0.386. The number of carbonyl (C=O) groups is 2. The van der Waals surface area contributed by atoms with E-state index in [0.717, 1.165) is 0 Å². The molecule has 1 heterocycles. The van der Waals surface area contributed by atoms with Crippen LogP contribution in [-0.4, -0.2) is 25.2 Å². The summed E-state index contributed by atoms with van der Waals surface area (Å²) in [7, 11) is -4.61. The van der Waals surface area contributed by atoms with Gasteiger partial charge < -0.3 is 0 Å². The van der Waals surface area contributed by atoms with Crippen LogP contribution >= 0.6 is 0 Å². The quantitative estimate of drug-likeness (QED) is 0.407. The van der Waals surface area contributed by atoms with Gasteiger partial charge >= 0.3 is 11.8 Å². The minimum Gasteiger partial charge on any atom is -0.261 e. The summed E-state index contributed by atoms with van der Waals surface area (Å²) in [6, 6.07) is 5.65. The standard InChI is InChI=1S/C12H6N4O6S/c13-23(21,22)10-8-7(14-11(17)12(18)15-8)5-3-1-2-4-6(5)9(10)16(19)20/h1-4H,(H2,13,21,22). The highest BCUT2D eigenvalue weighted by atomic mass is 32.2. The van der Waals surface area contributed by atoms with Crippen molar-refractivity contribution in [1.82, 2.24) is 0 Å². The van der Waals surface area contributed by atoms with Crippen LogP contribution in [-0.2, 0) is 19.6 Å². The van der Waals surface area contributed by atoms with Crippen molar-refractivity contribution >= 4 is 38.3 Å². The van der Waals surface area contributed by atoms with Crippen molar-refractivity contribution in [2.24, 2.45) is 15.1 Å². The van der Waals surface area contributed by atoms with Crippen LogP contribution in [0.3, 0.4) is 0 Å². The topological polar surface area (TPSA) is 162 Å². The third-order valence-corrected chi connectivity index (χ3v) is 4.12. The van der Waals surface area contributed by atoms with Crippen molar-refractivity contribution < 1.29 is 22.9 Å². The van der Waals surface area contributed by atoms with Crippen molar-refractivity contribution in [3.8, 4) is 0 Å². The summed E-state index contributed by atoms with van der Waals surface area (Å²) in [6.45, 7) is 0. The van der Waals surface area contributed by atoms with Crippen molar-refractivity contribution in [1.29, 1.82) is 0 Å². The van der Waals surface area contributed by atoms with Gasteiger partial charge in [-0.15, -0.1) is 0 Å². The number of rotatable bonds is 2. The number of nitrogens with zero attached hydrogens (tertiary/aromatic N) is 3. The van der Waals surface area contributed by atoms with Crippen LogP contribution in [0, 0.1) is 10.1 Å². The van der Waals surface area contributed by atoms with Crippen LogP contribution < -0.4 is 15.9 Å². The second-order valence-electron chi connectivity index (χ2n) is 4.56. The first-order valence-corrected chi connectivity index (χ1v) is 7.54. The Balaban J connectivity index is 2.80. The summed E-state index contributed by atoms with van der Waals surface area (Å²) in [6.07, 6.45) is 0. The molecule has 0 saturated carbocycles. The fourth-order valence-electron chi connectivity index (χ4n) is 2.33. The Kier molecular flexibility index (Phi) is 3.05. The molecule has 2 aromatic carbocycles. The summed E-state index contributed by atoms with van der Waals surface area (Å²) < 4.78 is 23.7. The Hall–Kier alpha value is -3.05. The molecule has 0 radical (unpaired) electrons. The number of primary sulfonamides is 1. The molecular formula is C12H6N4O6S. The number of fused-ring (bicyclic) bond motifs is 3. The number of sulfonamides is 1. The maximum atomic E-state index is 11.8. The zero-order valence-corrected chi connectivity index (χ0v) is 11.9. The molecule has 2 aromatic rings. The van der Waals surface area contributed by atoms with E-state index in [2.05, 4.69) is 9.98 Å². The molecule has 1 aliphatic rings. The van der Waals surface area contributed by atoms with Gasteiger partial charge in [0.1, 0.15) is 10.7 Å². The first kappa shape index (κ1) is 14.9. The summed E-state index contributed by atoms with van der Waals surface area (Å²) in [4.78, 5) is 39.2. The third-order valence-electron chi connectivity index (χ3n) is 3.17. The number of benzene rings is 2. The number of carbonyl (C=O) groups excluding carboxylic acids is 2. The monoisotopic (exact) mass is 334 g/mol. The van der Waals surface area contributed by atoms with E-state index < -0.39 is 42.7 Å². The third kappa shape index (κ3) is 2.18. The highest BCUT2D eigenvalue weighted by Gasteiger charge is 2.32. The van der Waals surface area contributed by atoms with Crippen molar-refractivity contribution in [3.05, 3.63) is 45.1 Å². The predicted octanol–water partition coefficient (Wildman–Crippen LogP) is -1.30. The van der Waals surface area contributed by atoms with Gasteiger partial charge in [0.2, 0.25) is 10.0 Å². The largest absolute Gasteiger partial charge is 0.338 e. The Bertz CT molecular complexity index is 1150. The second kappa shape index (κ2) is 4.72. The fraction of sp³-hybridized carbons (Fsp3) is 0. The molecule has 2 amide bonds. The number of nitro benzene ring substituents is 1. The molecule has 0 atom stereocenters. The number of nitro groups is 1. The molecule has 11 heteroatoms. The van der Waals surface area contributed by atoms with Crippen molar-refractivity contribution in [2.45, 2.75) is 4.90 Å². The van der Waals surface area contributed by atoms with Gasteiger partial charge in [-0.2, -0.15) is 0 Å². The normalized spacial score (nSPS) is 14.1. The fourth-order valence-corrected chi connectivity index (χ4v) is 3.20. The summed E-state index contributed by atoms with van der Waals surface area (Å²) in [5.41, 5.74) is -0.817. The SMILES string of the molecule is NS(=O)(=O)c1c([N+](=O)[O-])c2ccccc2c2c1=NC(=O)C(=O)N=2. The first-order chi connectivity index (χ1) is 10.7. The Labute approximate surface area is 127 Å². The molecule has 23 heavy (non-hydrogen) atoms. The van der Waals surface area contributed by atoms with E-state index in [1.54, 1.807) is 0 Å². The summed E-state index contributed by atoms with van der Waals surface area (Å²) in [5, 5.41) is 15.6. The zero-order chi connectivity index (χ0) is 16.9. The van der Waals surface area contributed by atoms with E-state index in [0.29, 0.717) is 0 Å². The van der Waals surface area contributed by atoms with E-state index in [1.807, 2.05) is 0 Å². The molecule has 2 N–H and O–H groups in total. The number of hydrogen-bond donors (Lipinski definition) is 1. The predicted molar refractivity (Wildman–Crippen MR) is 74.3 cm³/mol. The van der Waals surface area contributed by atoms with E-state index in [1.165, 1.54) is 24.3 Å². The molecule has 10 nitrogen and oxygen atoms in total. The Morgan fingerprint density at radius 3 is 2.04 bits per heavy atom. The van der Waals surface area contributed by atoms with Crippen molar-refractivity contribution in [2.75, 3.05) is 0 Å². The van der Waals surface area contributed by atoms with E-state index in [4.69, 9.17) is 5.14 Å². The molecular weight excluding hydrogens is 328 g/mol. The number of nitrogens with two attached hydrogens (primary N) is 1. The van der Waals surface area contributed by atoms with E-state index >= 15 is 0 Å². The van der Waals surface area contributed by atoms with Gasteiger partial charge in [-0.3, -0.25) is 19.7 Å². The molecule has 116 valence electrons. The van der Waals surface area contributed by atoms with Gasteiger partial charge in [-0.05, 0) is 6.07 Å². The molecule has 0 aromatic heterocycles. The van der Waals surface area contributed by atoms with Crippen LogP contribution in [0.15, 0.2) is 39.1 Å². The van der Waals surface area contributed by atoms with E-state index in [9.17, 15) is 28.1 Å². The average Bonchev–Trinajstić information content (AvgIpc) is 2.46. The van der Waals surface area contributed by atoms with Crippen LogP contribution in [0.1, 0.15) is 0 Å². The Morgan fingerprint density at radius 1 is 1.00 bits per heavy atom. The maximum Gasteiger partial charge on any atom is 0.338 e. The molecule has 0 fully saturated rings.